The Morgan fingerprint density at radius 1 is 1.38 bits per heavy atom. The molecule has 130 valence electrons. The Morgan fingerprint density at radius 3 is 2.54 bits per heavy atom. The number of hydrogen-bond acceptors (Lipinski definition) is 5. The van der Waals surface area contributed by atoms with Crippen molar-refractivity contribution in [1.82, 2.24) is 15.1 Å². The molecule has 7 heteroatoms. The summed E-state index contributed by atoms with van der Waals surface area (Å²) in [5, 5.41) is 12.1. The first-order valence-corrected chi connectivity index (χ1v) is 8.13. The van der Waals surface area contributed by atoms with Crippen LogP contribution in [0.5, 0.6) is 0 Å². The molecular formula is C17H24N4O3. The summed E-state index contributed by atoms with van der Waals surface area (Å²) >= 11 is 0. The third-order valence-corrected chi connectivity index (χ3v) is 4.54. The van der Waals surface area contributed by atoms with Crippen LogP contribution in [0, 0.1) is 17.2 Å². The van der Waals surface area contributed by atoms with E-state index in [0.29, 0.717) is 31.9 Å². The standard InChI is InChI=1S/C17H24N4O3/c1-13(2)17(3,12-18)19-15(22)11-20-6-8-21(9-7-20)16(23)14-5-4-10-24-14/h4-5,10,13H,6-9,11H2,1-3H3,(H,19,22). The van der Waals surface area contributed by atoms with Gasteiger partial charge in [0.15, 0.2) is 5.76 Å². The number of nitrogens with zero attached hydrogens (tertiary/aromatic N) is 3. The van der Waals surface area contributed by atoms with Gasteiger partial charge in [-0.15, -0.1) is 0 Å². The molecule has 0 saturated carbocycles. The van der Waals surface area contributed by atoms with Crippen LogP contribution in [0.4, 0.5) is 0 Å². The second-order valence-electron chi connectivity index (χ2n) is 6.56. The molecule has 0 radical (unpaired) electrons. The summed E-state index contributed by atoms with van der Waals surface area (Å²) in [7, 11) is 0. The first-order valence-electron chi connectivity index (χ1n) is 8.13. The Kier molecular flexibility index (Phi) is 5.62. The number of rotatable bonds is 5. The van der Waals surface area contributed by atoms with Gasteiger partial charge in [0, 0.05) is 26.2 Å². The summed E-state index contributed by atoms with van der Waals surface area (Å²) < 4.78 is 5.13. The molecule has 2 heterocycles. The highest BCUT2D eigenvalue weighted by Crippen LogP contribution is 2.15. The van der Waals surface area contributed by atoms with Crippen molar-refractivity contribution < 1.29 is 14.0 Å². The van der Waals surface area contributed by atoms with Gasteiger partial charge < -0.3 is 14.6 Å². The molecule has 2 rings (SSSR count). The van der Waals surface area contributed by atoms with Gasteiger partial charge in [0.05, 0.1) is 18.9 Å². The van der Waals surface area contributed by atoms with E-state index in [2.05, 4.69) is 11.4 Å². The third-order valence-electron chi connectivity index (χ3n) is 4.54. The lowest BCUT2D eigenvalue weighted by Gasteiger charge is -2.35. The normalized spacial score (nSPS) is 18.0. The van der Waals surface area contributed by atoms with Crippen LogP contribution in [0.1, 0.15) is 31.3 Å². The van der Waals surface area contributed by atoms with Crippen molar-refractivity contribution in [3.8, 4) is 6.07 Å². The van der Waals surface area contributed by atoms with E-state index >= 15 is 0 Å². The fourth-order valence-corrected chi connectivity index (χ4v) is 2.50. The average Bonchev–Trinajstić information content (AvgIpc) is 3.09. The van der Waals surface area contributed by atoms with Gasteiger partial charge in [-0.2, -0.15) is 5.26 Å². The van der Waals surface area contributed by atoms with Crippen molar-refractivity contribution >= 4 is 11.8 Å². The molecule has 1 aliphatic rings. The molecule has 0 aromatic carbocycles. The van der Waals surface area contributed by atoms with E-state index in [9.17, 15) is 14.9 Å². The molecule has 1 N–H and O–H groups in total. The molecule has 1 unspecified atom stereocenters. The number of carbonyl (C=O) groups excluding carboxylic acids is 2. The van der Waals surface area contributed by atoms with Crippen LogP contribution in [0.2, 0.25) is 0 Å². The summed E-state index contributed by atoms with van der Waals surface area (Å²) in [5.41, 5.74) is -0.867. The Hall–Kier alpha value is -2.33. The van der Waals surface area contributed by atoms with E-state index < -0.39 is 5.54 Å². The largest absolute Gasteiger partial charge is 0.459 e. The van der Waals surface area contributed by atoms with Gasteiger partial charge in [0.1, 0.15) is 5.54 Å². The zero-order valence-electron chi connectivity index (χ0n) is 14.4. The second kappa shape index (κ2) is 7.49. The fourth-order valence-electron chi connectivity index (χ4n) is 2.50. The van der Waals surface area contributed by atoms with Gasteiger partial charge in [-0.1, -0.05) is 13.8 Å². The maximum absolute atomic E-state index is 12.2. The van der Waals surface area contributed by atoms with Crippen LogP contribution in [-0.4, -0.2) is 59.9 Å². The summed E-state index contributed by atoms with van der Waals surface area (Å²) in [6.07, 6.45) is 1.48. The van der Waals surface area contributed by atoms with E-state index in [1.54, 1.807) is 24.0 Å². The number of nitrogens with one attached hydrogen (secondary N) is 1. The van der Waals surface area contributed by atoms with Crippen molar-refractivity contribution in [3.63, 3.8) is 0 Å². The number of piperazine rings is 1. The minimum Gasteiger partial charge on any atom is -0.459 e. The van der Waals surface area contributed by atoms with E-state index in [-0.39, 0.29) is 24.3 Å². The molecule has 1 fully saturated rings. The number of furan rings is 1. The molecule has 1 aliphatic heterocycles. The lowest BCUT2D eigenvalue weighted by Crippen LogP contribution is -2.55. The first kappa shape index (κ1) is 18.0. The lowest BCUT2D eigenvalue weighted by molar-refractivity contribution is -0.124. The maximum atomic E-state index is 12.2. The van der Waals surface area contributed by atoms with Crippen LogP contribution >= 0.6 is 0 Å². The van der Waals surface area contributed by atoms with Gasteiger partial charge in [-0.05, 0) is 25.0 Å². The summed E-state index contributed by atoms with van der Waals surface area (Å²) in [5.74, 6) is 0.0663. The highest BCUT2D eigenvalue weighted by molar-refractivity contribution is 5.91. The maximum Gasteiger partial charge on any atom is 0.289 e. The number of nitriles is 1. The zero-order valence-corrected chi connectivity index (χ0v) is 14.4. The second-order valence-corrected chi connectivity index (χ2v) is 6.56. The molecule has 7 nitrogen and oxygen atoms in total. The molecule has 1 atom stereocenters. The minimum absolute atomic E-state index is 0.0224. The molecule has 2 amide bonds. The Bertz CT molecular complexity index is 612. The van der Waals surface area contributed by atoms with E-state index in [1.807, 2.05) is 18.7 Å². The Balaban J connectivity index is 1.82. The van der Waals surface area contributed by atoms with E-state index in [1.165, 1.54) is 6.26 Å². The molecule has 1 saturated heterocycles. The van der Waals surface area contributed by atoms with Crippen LogP contribution in [0.25, 0.3) is 0 Å². The van der Waals surface area contributed by atoms with Crippen molar-refractivity contribution in [1.29, 1.82) is 5.26 Å². The van der Waals surface area contributed by atoms with Crippen LogP contribution < -0.4 is 5.32 Å². The van der Waals surface area contributed by atoms with Crippen molar-refractivity contribution in [3.05, 3.63) is 24.2 Å². The van der Waals surface area contributed by atoms with Gasteiger partial charge in [-0.3, -0.25) is 14.5 Å². The zero-order chi connectivity index (χ0) is 17.7. The molecular weight excluding hydrogens is 308 g/mol. The number of hydrogen-bond donors (Lipinski definition) is 1. The average molecular weight is 332 g/mol. The van der Waals surface area contributed by atoms with Crippen molar-refractivity contribution in [2.45, 2.75) is 26.3 Å². The van der Waals surface area contributed by atoms with Gasteiger partial charge >= 0.3 is 0 Å². The van der Waals surface area contributed by atoms with Gasteiger partial charge in [-0.25, -0.2) is 0 Å². The van der Waals surface area contributed by atoms with Crippen molar-refractivity contribution in [2.24, 2.45) is 5.92 Å². The molecule has 0 aliphatic carbocycles. The summed E-state index contributed by atoms with van der Waals surface area (Å²) in [4.78, 5) is 28.1. The summed E-state index contributed by atoms with van der Waals surface area (Å²) in [6.45, 7) is 8.10. The number of carbonyl (C=O) groups is 2. The van der Waals surface area contributed by atoms with Crippen LogP contribution in [-0.2, 0) is 4.79 Å². The molecule has 24 heavy (non-hydrogen) atoms. The third kappa shape index (κ3) is 4.15. The quantitative estimate of drug-likeness (QED) is 0.872. The number of amides is 2. The Morgan fingerprint density at radius 2 is 2.04 bits per heavy atom. The van der Waals surface area contributed by atoms with Gasteiger partial charge in [0.2, 0.25) is 5.91 Å². The molecule has 0 spiro atoms. The van der Waals surface area contributed by atoms with Crippen LogP contribution in [0.3, 0.4) is 0 Å². The highest BCUT2D eigenvalue weighted by atomic mass is 16.3. The predicted octanol–water partition coefficient (Wildman–Crippen LogP) is 1.09. The highest BCUT2D eigenvalue weighted by Gasteiger charge is 2.31. The van der Waals surface area contributed by atoms with Crippen molar-refractivity contribution in [2.75, 3.05) is 32.7 Å². The van der Waals surface area contributed by atoms with E-state index in [0.717, 1.165) is 0 Å². The fraction of sp³-hybridized carbons (Fsp3) is 0.588. The summed E-state index contributed by atoms with van der Waals surface area (Å²) in [6, 6.07) is 5.51. The molecule has 0 bridgehead atoms. The van der Waals surface area contributed by atoms with Gasteiger partial charge in [0.25, 0.3) is 5.91 Å². The Labute approximate surface area is 142 Å². The molecule has 1 aromatic rings. The predicted molar refractivity (Wildman–Crippen MR) is 88.1 cm³/mol. The molecule has 1 aromatic heterocycles. The minimum atomic E-state index is -0.867. The van der Waals surface area contributed by atoms with Crippen LogP contribution in [0.15, 0.2) is 22.8 Å². The lowest BCUT2D eigenvalue weighted by atomic mass is 9.90. The topological polar surface area (TPSA) is 89.6 Å². The monoisotopic (exact) mass is 332 g/mol. The van der Waals surface area contributed by atoms with E-state index in [4.69, 9.17) is 4.42 Å². The smallest absolute Gasteiger partial charge is 0.289 e. The first-order chi connectivity index (χ1) is 11.4. The SMILES string of the molecule is CC(C)C(C)(C#N)NC(=O)CN1CCN(C(=O)c2ccco2)CC1.